The van der Waals surface area contributed by atoms with Gasteiger partial charge in [0.25, 0.3) is 0 Å². The van der Waals surface area contributed by atoms with Crippen molar-refractivity contribution in [3.05, 3.63) is 70.5 Å². The summed E-state index contributed by atoms with van der Waals surface area (Å²) >= 11 is 6.05. The van der Waals surface area contributed by atoms with Crippen LogP contribution < -0.4 is 5.32 Å². The highest BCUT2D eigenvalue weighted by Crippen LogP contribution is 2.59. The predicted molar refractivity (Wildman–Crippen MR) is 112 cm³/mol. The van der Waals surface area contributed by atoms with E-state index in [2.05, 4.69) is 5.32 Å². The minimum absolute atomic E-state index is 0. The molecule has 1 spiro atoms. The first kappa shape index (κ1) is 21.1. The van der Waals surface area contributed by atoms with E-state index >= 15 is 0 Å². The molecule has 2 aromatic carbocycles. The molecular weight excluding hydrogens is 398 g/mol. The highest BCUT2D eigenvalue weighted by Gasteiger charge is 2.58. The van der Waals surface area contributed by atoms with Gasteiger partial charge in [-0.1, -0.05) is 35.9 Å². The van der Waals surface area contributed by atoms with E-state index in [9.17, 15) is 9.18 Å². The minimum Gasteiger partial charge on any atom is -0.334 e. The predicted octanol–water partition coefficient (Wildman–Crippen LogP) is 4.84. The van der Waals surface area contributed by atoms with Crippen molar-refractivity contribution in [2.45, 2.75) is 25.3 Å². The van der Waals surface area contributed by atoms with Crippen molar-refractivity contribution in [3.8, 4) is 0 Å². The maximum atomic E-state index is 13.4. The average molecular weight is 423 g/mol. The first-order valence-corrected chi connectivity index (χ1v) is 9.86. The number of nitrogens with zero attached hydrogens (tertiary/aromatic N) is 1. The van der Waals surface area contributed by atoms with E-state index in [0.717, 1.165) is 43.5 Å². The van der Waals surface area contributed by atoms with Gasteiger partial charge in [-0.05, 0) is 73.2 Å². The van der Waals surface area contributed by atoms with Crippen molar-refractivity contribution >= 4 is 29.9 Å². The van der Waals surface area contributed by atoms with Crippen molar-refractivity contribution in [1.82, 2.24) is 10.2 Å². The zero-order valence-electron chi connectivity index (χ0n) is 15.8. The van der Waals surface area contributed by atoms with Gasteiger partial charge in [-0.25, -0.2) is 4.39 Å². The minimum atomic E-state index is -0.279. The number of nitrogens with one attached hydrogen (secondary N) is 1. The van der Waals surface area contributed by atoms with Gasteiger partial charge in [0.15, 0.2) is 0 Å². The molecule has 1 saturated heterocycles. The highest BCUT2D eigenvalue weighted by atomic mass is 35.5. The van der Waals surface area contributed by atoms with Crippen molar-refractivity contribution < 1.29 is 9.18 Å². The summed E-state index contributed by atoms with van der Waals surface area (Å²) in [5.74, 6) is -0.000499. The lowest BCUT2D eigenvalue weighted by Gasteiger charge is -2.31. The molecule has 1 saturated carbocycles. The Morgan fingerprint density at radius 2 is 1.64 bits per heavy atom. The van der Waals surface area contributed by atoms with Crippen LogP contribution in [0, 0.1) is 17.2 Å². The molecule has 2 aromatic rings. The molecule has 2 aliphatic rings. The third-order valence-electron chi connectivity index (χ3n) is 6.19. The largest absolute Gasteiger partial charge is 0.334 e. The van der Waals surface area contributed by atoms with Crippen molar-refractivity contribution in [1.29, 1.82) is 0 Å². The van der Waals surface area contributed by atoms with E-state index in [4.69, 9.17) is 11.6 Å². The van der Waals surface area contributed by atoms with E-state index in [-0.39, 0.29) is 41.5 Å². The number of rotatable bonds is 4. The molecule has 2 atom stereocenters. The monoisotopic (exact) mass is 422 g/mol. The van der Waals surface area contributed by atoms with Gasteiger partial charge in [-0.3, -0.25) is 4.79 Å². The van der Waals surface area contributed by atoms with Crippen LogP contribution in [-0.4, -0.2) is 30.9 Å². The molecule has 2 fully saturated rings. The third kappa shape index (κ3) is 4.05. The number of benzene rings is 2. The smallest absolute Gasteiger partial charge is 0.226 e. The second-order valence-electron chi connectivity index (χ2n) is 7.82. The van der Waals surface area contributed by atoms with E-state index in [1.807, 2.05) is 36.2 Å². The summed E-state index contributed by atoms with van der Waals surface area (Å²) in [7, 11) is 1.86. The summed E-state index contributed by atoms with van der Waals surface area (Å²) in [5.41, 5.74) is 2.06. The molecule has 3 nitrogen and oxygen atoms in total. The van der Waals surface area contributed by atoms with Crippen LogP contribution in [-0.2, 0) is 4.79 Å². The summed E-state index contributed by atoms with van der Waals surface area (Å²) in [5, 5.41) is 4.04. The molecule has 1 amide bonds. The Labute approximate surface area is 176 Å². The number of piperidine rings is 1. The zero-order chi connectivity index (χ0) is 19.0. The maximum absolute atomic E-state index is 13.4. The van der Waals surface area contributed by atoms with Gasteiger partial charge in [-0.2, -0.15) is 0 Å². The quantitative estimate of drug-likeness (QED) is 0.764. The molecule has 2 unspecified atom stereocenters. The first-order valence-electron chi connectivity index (χ1n) is 9.48. The molecule has 28 heavy (non-hydrogen) atoms. The molecule has 4 rings (SSSR count). The molecule has 1 aliphatic heterocycles. The Balaban J connectivity index is 0.00000225. The SMILES string of the molecule is CN(C(=O)C1CC12CCNCC2)C(c1ccc(F)cc1)c1ccc(Cl)cc1.Cl. The summed E-state index contributed by atoms with van der Waals surface area (Å²) < 4.78 is 13.4. The van der Waals surface area contributed by atoms with Crippen molar-refractivity contribution in [3.63, 3.8) is 0 Å². The van der Waals surface area contributed by atoms with Crippen LogP contribution in [0.2, 0.25) is 5.02 Å². The summed E-state index contributed by atoms with van der Waals surface area (Å²) in [6, 6.07) is 13.7. The first-order chi connectivity index (χ1) is 13.0. The second-order valence-corrected chi connectivity index (χ2v) is 8.26. The Morgan fingerprint density at radius 3 is 2.21 bits per heavy atom. The van der Waals surface area contributed by atoms with Crippen LogP contribution in [0.3, 0.4) is 0 Å². The van der Waals surface area contributed by atoms with E-state index in [0.29, 0.717) is 5.02 Å². The lowest BCUT2D eigenvalue weighted by Crippen LogP contribution is -2.37. The van der Waals surface area contributed by atoms with Gasteiger partial charge in [0, 0.05) is 18.0 Å². The van der Waals surface area contributed by atoms with Crippen LogP contribution in [0.4, 0.5) is 4.39 Å². The van der Waals surface area contributed by atoms with Crippen LogP contribution in [0.1, 0.15) is 36.4 Å². The van der Waals surface area contributed by atoms with Gasteiger partial charge in [-0.15, -0.1) is 12.4 Å². The average Bonchev–Trinajstić information content (AvgIpc) is 3.37. The zero-order valence-corrected chi connectivity index (χ0v) is 17.4. The molecular formula is C22H25Cl2FN2O. The van der Waals surface area contributed by atoms with E-state index in [1.165, 1.54) is 12.1 Å². The van der Waals surface area contributed by atoms with Gasteiger partial charge in [0.05, 0.1) is 6.04 Å². The molecule has 150 valence electrons. The number of hydrogen-bond acceptors (Lipinski definition) is 2. The second kappa shape index (κ2) is 8.40. The van der Waals surface area contributed by atoms with Gasteiger partial charge < -0.3 is 10.2 Å². The molecule has 1 aliphatic carbocycles. The third-order valence-corrected chi connectivity index (χ3v) is 6.45. The fourth-order valence-electron chi connectivity index (χ4n) is 4.48. The van der Waals surface area contributed by atoms with Crippen molar-refractivity contribution in [2.24, 2.45) is 11.3 Å². The highest BCUT2D eigenvalue weighted by molar-refractivity contribution is 6.30. The topological polar surface area (TPSA) is 32.3 Å². The van der Waals surface area contributed by atoms with Gasteiger partial charge in [0.2, 0.25) is 5.91 Å². The Hall–Kier alpha value is -1.62. The molecule has 1 N–H and O–H groups in total. The Kier molecular flexibility index (Phi) is 6.33. The summed E-state index contributed by atoms with van der Waals surface area (Å²) in [6.45, 7) is 1.98. The van der Waals surface area contributed by atoms with Crippen LogP contribution in [0.5, 0.6) is 0 Å². The number of carbonyl (C=O) groups is 1. The molecule has 1 heterocycles. The lowest BCUT2D eigenvalue weighted by molar-refractivity contribution is -0.133. The van der Waals surface area contributed by atoms with Crippen LogP contribution >= 0.6 is 24.0 Å². The number of hydrogen-bond donors (Lipinski definition) is 1. The van der Waals surface area contributed by atoms with Crippen LogP contribution in [0.25, 0.3) is 0 Å². The molecule has 0 radical (unpaired) electrons. The van der Waals surface area contributed by atoms with Gasteiger partial charge >= 0.3 is 0 Å². The van der Waals surface area contributed by atoms with E-state index in [1.54, 1.807) is 12.1 Å². The molecule has 0 aromatic heterocycles. The summed E-state index contributed by atoms with van der Waals surface area (Å²) in [6.07, 6.45) is 3.12. The molecule has 0 bridgehead atoms. The lowest BCUT2D eigenvalue weighted by atomic mass is 9.91. The number of halogens is 3. The number of amides is 1. The van der Waals surface area contributed by atoms with Crippen molar-refractivity contribution in [2.75, 3.05) is 20.1 Å². The van der Waals surface area contributed by atoms with Crippen LogP contribution in [0.15, 0.2) is 48.5 Å². The summed E-state index contributed by atoms with van der Waals surface area (Å²) in [4.78, 5) is 15.1. The molecule has 6 heteroatoms. The maximum Gasteiger partial charge on any atom is 0.226 e. The normalized spacial score (nSPS) is 20.9. The fourth-order valence-corrected chi connectivity index (χ4v) is 4.60. The number of carbonyl (C=O) groups excluding carboxylic acids is 1. The Morgan fingerprint density at radius 1 is 1.11 bits per heavy atom. The van der Waals surface area contributed by atoms with Gasteiger partial charge in [0.1, 0.15) is 5.82 Å². The van der Waals surface area contributed by atoms with E-state index < -0.39 is 0 Å². The fraction of sp³-hybridized carbons (Fsp3) is 0.409. The Bertz CT molecular complexity index is 774. The standard InChI is InChI=1S/C22H24ClFN2O.ClH/c1-26(21(27)19-14-22(19)10-12-25-13-11-22)20(15-2-6-17(23)7-3-15)16-4-8-18(24)9-5-16;/h2-9,19-20,25H,10-14H2,1H3;1H.